The first-order valence-corrected chi connectivity index (χ1v) is 11.2. The van der Waals surface area contributed by atoms with Gasteiger partial charge in [0.15, 0.2) is 5.82 Å². The van der Waals surface area contributed by atoms with Gasteiger partial charge < -0.3 is 10.3 Å². The molecule has 5 nitrogen and oxygen atoms in total. The number of aromatic amines is 1. The SMILES string of the molecule is C=C/C(=C\C=C/C)c1nc(NCc2ccccn2)c2cc(-c3cccc4[nH]ccc34)ccc2n1. The highest BCUT2D eigenvalue weighted by molar-refractivity contribution is 5.99. The third-order valence-electron chi connectivity index (χ3n) is 5.71. The van der Waals surface area contributed by atoms with Crippen molar-refractivity contribution in [2.24, 2.45) is 0 Å². The summed E-state index contributed by atoms with van der Waals surface area (Å²) in [7, 11) is 0. The molecule has 0 unspecified atom stereocenters. The molecule has 0 aliphatic rings. The van der Waals surface area contributed by atoms with Crippen molar-refractivity contribution in [2.45, 2.75) is 13.5 Å². The van der Waals surface area contributed by atoms with Crippen molar-refractivity contribution in [1.29, 1.82) is 0 Å². The smallest absolute Gasteiger partial charge is 0.162 e. The minimum atomic E-state index is 0.562. The molecule has 166 valence electrons. The minimum Gasteiger partial charge on any atom is -0.364 e. The second-order valence-electron chi connectivity index (χ2n) is 7.90. The standard InChI is InChI=1S/C29H25N5/c1-3-5-9-20(4-2)28-33-27-14-13-21(23-11-8-12-26-24(23)15-17-31-26)18-25(27)29(34-28)32-19-22-10-6-7-16-30-22/h3-18,31H,2,19H2,1H3,(H,32,33,34)/b5-3-,20-9+. The lowest BCUT2D eigenvalue weighted by Crippen LogP contribution is -2.06. The van der Waals surface area contributed by atoms with Gasteiger partial charge in [0.05, 0.1) is 17.8 Å². The monoisotopic (exact) mass is 443 g/mol. The third-order valence-corrected chi connectivity index (χ3v) is 5.71. The molecule has 5 aromatic rings. The molecule has 0 amide bonds. The second-order valence-corrected chi connectivity index (χ2v) is 7.90. The Hall–Kier alpha value is -4.51. The number of rotatable bonds is 7. The number of hydrogen-bond donors (Lipinski definition) is 2. The molecule has 0 saturated heterocycles. The Morgan fingerprint density at radius 1 is 1.03 bits per heavy atom. The Morgan fingerprint density at radius 3 is 2.79 bits per heavy atom. The number of allylic oxidation sites excluding steroid dienone is 5. The predicted octanol–water partition coefficient (Wildman–Crippen LogP) is 6.93. The van der Waals surface area contributed by atoms with Gasteiger partial charge in [0, 0.05) is 34.3 Å². The van der Waals surface area contributed by atoms with Crippen LogP contribution in [0.1, 0.15) is 18.4 Å². The van der Waals surface area contributed by atoms with E-state index in [0.29, 0.717) is 12.4 Å². The predicted molar refractivity (Wildman–Crippen MR) is 141 cm³/mol. The zero-order valence-electron chi connectivity index (χ0n) is 19.0. The van der Waals surface area contributed by atoms with Gasteiger partial charge in [0.1, 0.15) is 5.82 Å². The van der Waals surface area contributed by atoms with E-state index in [4.69, 9.17) is 9.97 Å². The average molecular weight is 444 g/mol. The summed E-state index contributed by atoms with van der Waals surface area (Å²) < 4.78 is 0. The van der Waals surface area contributed by atoms with Gasteiger partial charge in [-0.15, -0.1) is 0 Å². The molecule has 0 saturated carbocycles. The van der Waals surface area contributed by atoms with Crippen LogP contribution in [-0.2, 0) is 6.54 Å². The van der Waals surface area contributed by atoms with Crippen molar-refractivity contribution < 1.29 is 0 Å². The minimum absolute atomic E-state index is 0.562. The van der Waals surface area contributed by atoms with Crippen LogP contribution >= 0.6 is 0 Å². The molecule has 0 aliphatic carbocycles. The van der Waals surface area contributed by atoms with Crippen molar-refractivity contribution in [3.63, 3.8) is 0 Å². The molecule has 5 heteroatoms. The van der Waals surface area contributed by atoms with E-state index >= 15 is 0 Å². The summed E-state index contributed by atoms with van der Waals surface area (Å²) in [6, 6.07) is 20.6. The summed E-state index contributed by atoms with van der Waals surface area (Å²) in [4.78, 5) is 17.5. The van der Waals surface area contributed by atoms with Gasteiger partial charge in [-0.2, -0.15) is 0 Å². The maximum Gasteiger partial charge on any atom is 0.162 e. The zero-order valence-corrected chi connectivity index (χ0v) is 19.0. The highest BCUT2D eigenvalue weighted by Gasteiger charge is 2.13. The summed E-state index contributed by atoms with van der Waals surface area (Å²) in [5.74, 6) is 1.39. The van der Waals surface area contributed by atoms with E-state index in [9.17, 15) is 0 Å². The van der Waals surface area contributed by atoms with Gasteiger partial charge in [-0.3, -0.25) is 4.98 Å². The van der Waals surface area contributed by atoms with Gasteiger partial charge in [-0.05, 0) is 54.4 Å². The van der Waals surface area contributed by atoms with Crippen molar-refractivity contribution >= 4 is 33.2 Å². The van der Waals surface area contributed by atoms with Crippen LogP contribution in [0.25, 0.3) is 38.5 Å². The first-order valence-electron chi connectivity index (χ1n) is 11.2. The van der Waals surface area contributed by atoms with Crippen molar-refractivity contribution in [3.05, 3.63) is 115 Å². The van der Waals surface area contributed by atoms with Crippen LogP contribution in [0.3, 0.4) is 0 Å². The number of pyridine rings is 1. The quantitative estimate of drug-likeness (QED) is 0.268. The average Bonchev–Trinajstić information content (AvgIpc) is 3.37. The van der Waals surface area contributed by atoms with Crippen molar-refractivity contribution in [2.75, 3.05) is 5.32 Å². The molecule has 0 radical (unpaired) electrons. The largest absolute Gasteiger partial charge is 0.364 e. The summed E-state index contributed by atoms with van der Waals surface area (Å²) in [6.07, 6.45) is 11.5. The van der Waals surface area contributed by atoms with E-state index in [0.717, 1.165) is 39.1 Å². The fourth-order valence-electron chi connectivity index (χ4n) is 4.01. The third kappa shape index (κ3) is 4.24. The van der Waals surface area contributed by atoms with E-state index in [1.807, 2.05) is 49.5 Å². The first-order chi connectivity index (χ1) is 16.8. The molecule has 0 fully saturated rings. The number of aromatic nitrogens is 4. The van der Waals surface area contributed by atoms with Gasteiger partial charge in [0.25, 0.3) is 0 Å². The molecule has 2 N–H and O–H groups in total. The van der Waals surface area contributed by atoms with Crippen LogP contribution in [0, 0.1) is 0 Å². The molecular formula is C29H25N5. The van der Waals surface area contributed by atoms with E-state index in [1.165, 1.54) is 10.9 Å². The van der Waals surface area contributed by atoms with Crippen molar-refractivity contribution in [3.8, 4) is 11.1 Å². The van der Waals surface area contributed by atoms with Gasteiger partial charge in [-0.1, -0.05) is 55.1 Å². The van der Waals surface area contributed by atoms with Gasteiger partial charge in [0.2, 0.25) is 0 Å². The molecule has 0 atom stereocenters. The lowest BCUT2D eigenvalue weighted by molar-refractivity contribution is 1.02. The van der Waals surface area contributed by atoms with E-state index in [-0.39, 0.29) is 0 Å². The van der Waals surface area contributed by atoms with E-state index in [2.05, 4.69) is 64.3 Å². The molecule has 0 spiro atoms. The van der Waals surface area contributed by atoms with E-state index in [1.54, 1.807) is 12.3 Å². The van der Waals surface area contributed by atoms with Crippen LogP contribution in [0.15, 0.2) is 104 Å². The molecule has 2 aromatic carbocycles. The van der Waals surface area contributed by atoms with Crippen LogP contribution in [0.5, 0.6) is 0 Å². The summed E-state index contributed by atoms with van der Waals surface area (Å²) in [5, 5.41) is 5.63. The maximum atomic E-state index is 4.90. The topological polar surface area (TPSA) is 66.5 Å². The highest BCUT2D eigenvalue weighted by atomic mass is 15.0. The zero-order chi connectivity index (χ0) is 23.3. The van der Waals surface area contributed by atoms with Crippen molar-refractivity contribution in [1.82, 2.24) is 19.9 Å². The van der Waals surface area contributed by atoms with Gasteiger partial charge in [-0.25, -0.2) is 9.97 Å². The number of benzene rings is 2. The van der Waals surface area contributed by atoms with E-state index < -0.39 is 0 Å². The lowest BCUT2D eigenvalue weighted by Gasteiger charge is -2.13. The van der Waals surface area contributed by atoms with Crippen LogP contribution in [0.4, 0.5) is 5.82 Å². The van der Waals surface area contributed by atoms with Crippen LogP contribution < -0.4 is 5.32 Å². The number of hydrogen-bond acceptors (Lipinski definition) is 4. The Labute approximate surface area is 198 Å². The summed E-state index contributed by atoms with van der Waals surface area (Å²) in [5.41, 5.74) is 6.07. The highest BCUT2D eigenvalue weighted by Crippen LogP contribution is 2.32. The Bertz CT molecular complexity index is 1530. The Morgan fingerprint density at radius 2 is 1.97 bits per heavy atom. The van der Waals surface area contributed by atoms with Crippen LogP contribution in [0.2, 0.25) is 0 Å². The summed E-state index contributed by atoms with van der Waals surface area (Å²) >= 11 is 0. The second kappa shape index (κ2) is 9.55. The first kappa shape index (κ1) is 21.3. The fourth-order valence-corrected chi connectivity index (χ4v) is 4.01. The molecule has 3 heterocycles. The maximum absolute atomic E-state index is 4.90. The fraction of sp³-hybridized carbons (Fsp3) is 0.0690. The Balaban J connectivity index is 1.65. The lowest BCUT2D eigenvalue weighted by atomic mass is 10.00. The number of fused-ring (bicyclic) bond motifs is 2. The molecule has 5 rings (SSSR count). The Kier molecular flexibility index (Phi) is 5.99. The molecule has 0 aliphatic heterocycles. The number of nitrogens with zero attached hydrogens (tertiary/aromatic N) is 3. The van der Waals surface area contributed by atoms with Crippen LogP contribution in [-0.4, -0.2) is 19.9 Å². The normalized spacial score (nSPS) is 12.0. The molecular weight excluding hydrogens is 418 g/mol. The molecule has 0 bridgehead atoms. The number of nitrogens with one attached hydrogen (secondary N) is 2. The number of anilines is 1. The van der Waals surface area contributed by atoms with Gasteiger partial charge >= 0.3 is 0 Å². The number of H-pyrrole nitrogens is 1. The summed E-state index contributed by atoms with van der Waals surface area (Å²) in [6.45, 7) is 6.49. The molecule has 3 aromatic heterocycles. The molecule has 34 heavy (non-hydrogen) atoms.